The van der Waals surface area contributed by atoms with Gasteiger partial charge in [-0.05, 0) is 22.8 Å². The van der Waals surface area contributed by atoms with E-state index < -0.39 is 11.7 Å². The molecule has 5 nitrogen and oxygen atoms in total. The Morgan fingerprint density at radius 1 is 1.04 bits per heavy atom. The Balaban J connectivity index is 1.99. The molecule has 134 valence electrons. The molecule has 1 amide bonds. The SMILES string of the molecule is CC1(C)CC(=O)C=C(NNC(=O)C(=O)c2ccc(C(C)(C)C)cc2)C1. The fourth-order valence-electron chi connectivity index (χ4n) is 2.87. The predicted molar refractivity (Wildman–Crippen MR) is 96.9 cm³/mol. The molecule has 0 aromatic heterocycles. The van der Waals surface area contributed by atoms with E-state index in [1.54, 1.807) is 12.1 Å². The van der Waals surface area contributed by atoms with E-state index in [9.17, 15) is 14.4 Å². The molecule has 25 heavy (non-hydrogen) atoms. The fraction of sp³-hybridized carbons (Fsp3) is 0.450. The van der Waals surface area contributed by atoms with Crippen molar-refractivity contribution in [2.45, 2.75) is 52.9 Å². The Hall–Kier alpha value is -2.43. The van der Waals surface area contributed by atoms with Crippen LogP contribution in [0.4, 0.5) is 0 Å². The van der Waals surface area contributed by atoms with Crippen molar-refractivity contribution in [3.8, 4) is 0 Å². The normalized spacial score (nSPS) is 16.8. The number of hydrogen-bond acceptors (Lipinski definition) is 4. The molecule has 2 N–H and O–H groups in total. The monoisotopic (exact) mass is 342 g/mol. The van der Waals surface area contributed by atoms with Gasteiger partial charge in [0.05, 0.1) is 0 Å². The first kappa shape index (κ1) is 18.9. The molecule has 0 heterocycles. The van der Waals surface area contributed by atoms with Crippen molar-refractivity contribution in [3.05, 3.63) is 47.2 Å². The summed E-state index contributed by atoms with van der Waals surface area (Å²) in [6, 6.07) is 7.04. The molecular formula is C20H26N2O3. The minimum Gasteiger partial charge on any atom is -0.302 e. The summed E-state index contributed by atoms with van der Waals surface area (Å²) in [6.07, 6.45) is 2.59. The fourth-order valence-corrected chi connectivity index (χ4v) is 2.87. The second kappa shape index (κ2) is 6.82. The van der Waals surface area contributed by atoms with E-state index in [2.05, 4.69) is 31.6 Å². The maximum absolute atomic E-state index is 12.2. The van der Waals surface area contributed by atoms with Crippen LogP contribution in [0.15, 0.2) is 36.0 Å². The van der Waals surface area contributed by atoms with Gasteiger partial charge in [-0.25, -0.2) is 0 Å². The molecule has 1 aliphatic carbocycles. The van der Waals surface area contributed by atoms with Crippen LogP contribution in [-0.4, -0.2) is 17.5 Å². The molecule has 0 aliphatic heterocycles. The summed E-state index contributed by atoms with van der Waals surface area (Å²) in [4.78, 5) is 36.0. The Bertz CT molecular complexity index is 722. The van der Waals surface area contributed by atoms with Gasteiger partial charge in [0.2, 0.25) is 0 Å². The quantitative estimate of drug-likeness (QED) is 0.501. The zero-order chi connectivity index (χ0) is 18.8. The van der Waals surface area contributed by atoms with Gasteiger partial charge in [-0.3, -0.25) is 19.8 Å². The van der Waals surface area contributed by atoms with E-state index in [1.165, 1.54) is 6.08 Å². The lowest BCUT2D eigenvalue weighted by molar-refractivity contribution is -0.119. The van der Waals surface area contributed by atoms with Crippen molar-refractivity contribution >= 4 is 17.5 Å². The molecule has 0 saturated carbocycles. The van der Waals surface area contributed by atoms with E-state index in [1.807, 2.05) is 26.0 Å². The Morgan fingerprint density at radius 2 is 1.64 bits per heavy atom. The van der Waals surface area contributed by atoms with E-state index >= 15 is 0 Å². The van der Waals surface area contributed by atoms with Crippen LogP contribution in [-0.2, 0) is 15.0 Å². The first-order chi connectivity index (χ1) is 11.5. The van der Waals surface area contributed by atoms with Crippen LogP contribution < -0.4 is 10.9 Å². The second-order valence-corrected chi connectivity index (χ2v) is 8.39. The van der Waals surface area contributed by atoms with Crippen LogP contribution in [0.3, 0.4) is 0 Å². The van der Waals surface area contributed by atoms with Gasteiger partial charge in [0.1, 0.15) is 0 Å². The molecule has 0 bridgehead atoms. The highest BCUT2D eigenvalue weighted by Gasteiger charge is 2.28. The second-order valence-electron chi connectivity index (χ2n) is 8.39. The van der Waals surface area contributed by atoms with Crippen LogP contribution in [0, 0.1) is 5.41 Å². The molecule has 0 saturated heterocycles. The number of benzene rings is 1. The zero-order valence-corrected chi connectivity index (χ0v) is 15.5. The van der Waals surface area contributed by atoms with E-state index in [4.69, 9.17) is 0 Å². The van der Waals surface area contributed by atoms with Crippen molar-refractivity contribution in [2.24, 2.45) is 5.41 Å². The Kier molecular flexibility index (Phi) is 5.16. The van der Waals surface area contributed by atoms with Gasteiger partial charge in [0.25, 0.3) is 5.78 Å². The molecule has 1 aromatic carbocycles. The highest BCUT2D eigenvalue weighted by molar-refractivity contribution is 6.42. The third-order valence-corrected chi connectivity index (χ3v) is 4.21. The van der Waals surface area contributed by atoms with E-state index in [-0.39, 0.29) is 16.6 Å². The molecule has 0 spiro atoms. The number of rotatable bonds is 4. The van der Waals surface area contributed by atoms with Crippen molar-refractivity contribution in [2.75, 3.05) is 0 Å². The minimum atomic E-state index is -0.750. The van der Waals surface area contributed by atoms with Crippen LogP contribution in [0.1, 0.15) is 63.4 Å². The Labute approximate surface area is 148 Å². The van der Waals surface area contributed by atoms with Gasteiger partial charge in [0.15, 0.2) is 5.78 Å². The van der Waals surface area contributed by atoms with Crippen LogP contribution in [0.2, 0.25) is 0 Å². The van der Waals surface area contributed by atoms with Gasteiger partial charge < -0.3 is 5.43 Å². The van der Waals surface area contributed by atoms with Crippen LogP contribution >= 0.6 is 0 Å². The molecule has 1 aliphatic rings. The standard InChI is InChI=1S/C20H26N2O3/c1-19(2,3)14-8-6-13(7-9-14)17(24)18(25)22-21-15-10-16(23)12-20(4,5)11-15/h6-10,21H,11-12H2,1-5H3,(H,22,25). The van der Waals surface area contributed by atoms with Crippen LogP contribution in [0.5, 0.6) is 0 Å². The number of Topliss-reactive ketones (excluding diaryl/α,β-unsaturated/α-hetero) is 1. The number of amides is 1. The zero-order valence-electron chi connectivity index (χ0n) is 15.5. The summed E-state index contributed by atoms with van der Waals surface area (Å²) in [5.41, 5.74) is 6.98. The minimum absolute atomic E-state index is 0.0112. The van der Waals surface area contributed by atoms with Crippen molar-refractivity contribution in [1.82, 2.24) is 10.9 Å². The molecule has 2 rings (SSSR count). The number of allylic oxidation sites excluding steroid dienone is 2. The maximum Gasteiger partial charge on any atom is 0.310 e. The average molecular weight is 342 g/mol. The highest BCUT2D eigenvalue weighted by Crippen LogP contribution is 2.32. The summed E-state index contributed by atoms with van der Waals surface area (Å²) in [5.74, 6) is -1.35. The third-order valence-electron chi connectivity index (χ3n) is 4.21. The number of hydrogen-bond donors (Lipinski definition) is 2. The summed E-state index contributed by atoms with van der Waals surface area (Å²) in [7, 11) is 0. The molecule has 0 atom stereocenters. The number of ketones is 2. The molecular weight excluding hydrogens is 316 g/mol. The van der Waals surface area contributed by atoms with Gasteiger partial charge in [-0.1, -0.05) is 58.9 Å². The summed E-state index contributed by atoms with van der Waals surface area (Å²) >= 11 is 0. The van der Waals surface area contributed by atoms with Gasteiger partial charge >= 0.3 is 5.91 Å². The molecule has 0 unspecified atom stereocenters. The van der Waals surface area contributed by atoms with Crippen LogP contribution in [0.25, 0.3) is 0 Å². The topological polar surface area (TPSA) is 75.3 Å². The first-order valence-electron chi connectivity index (χ1n) is 8.43. The van der Waals surface area contributed by atoms with E-state index in [0.29, 0.717) is 24.1 Å². The lowest BCUT2D eigenvalue weighted by Gasteiger charge is -2.29. The predicted octanol–water partition coefficient (Wildman–Crippen LogP) is 3.06. The maximum atomic E-state index is 12.2. The largest absolute Gasteiger partial charge is 0.310 e. The number of hydrazine groups is 1. The molecule has 5 heteroatoms. The van der Waals surface area contributed by atoms with E-state index in [0.717, 1.165) is 5.56 Å². The smallest absolute Gasteiger partial charge is 0.302 e. The molecule has 0 fully saturated rings. The number of carbonyl (C=O) groups is 3. The molecule has 0 radical (unpaired) electrons. The van der Waals surface area contributed by atoms with Crippen molar-refractivity contribution < 1.29 is 14.4 Å². The Morgan fingerprint density at radius 3 is 2.16 bits per heavy atom. The first-order valence-corrected chi connectivity index (χ1v) is 8.43. The van der Waals surface area contributed by atoms with Gasteiger partial charge in [0, 0.05) is 23.8 Å². The van der Waals surface area contributed by atoms with Crippen molar-refractivity contribution in [1.29, 1.82) is 0 Å². The molecule has 1 aromatic rings. The average Bonchev–Trinajstić information content (AvgIpc) is 2.49. The highest BCUT2D eigenvalue weighted by atomic mass is 16.2. The van der Waals surface area contributed by atoms with Crippen molar-refractivity contribution in [3.63, 3.8) is 0 Å². The van der Waals surface area contributed by atoms with Gasteiger partial charge in [-0.15, -0.1) is 0 Å². The lowest BCUT2D eigenvalue weighted by atomic mass is 9.79. The summed E-state index contributed by atoms with van der Waals surface area (Å²) in [5, 5.41) is 0. The van der Waals surface area contributed by atoms with Gasteiger partial charge in [-0.2, -0.15) is 0 Å². The number of carbonyl (C=O) groups excluding carboxylic acids is 3. The summed E-state index contributed by atoms with van der Waals surface area (Å²) in [6.45, 7) is 10.2. The summed E-state index contributed by atoms with van der Waals surface area (Å²) < 4.78 is 0. The lowest BCUT2D eigenvalue weighted by Crippen LogP contribution is -2.43. The third kappa shape index (κ3) is 5.02. The number of nitrogens with one attached hydrogen (secondary N) is 2.